The van der Waals surface area contributed by atoms with Crippen molar-refractivity contribution in [3.05, 3.63) is 42.2 Å². The number of benzene rings is 1. The van der Waals surface area contributed by atoms with Crippen molar-refractivity contribution >= 4 is 11.6 Å². The van der Waals surface area contributed by atoms with Crippen molar-refractivity contribution in [2.75, 3.05) is 28.4 Å². The molecule has 0 amide bonds. The monoisotopic (exact) mass is 386 g/mol. The van der Waals surface area contributed by atoms with E-state index in [2.05, 4.69) is 6.58 Å². The fourth-order valence-corrected chi connectivity index (χ4v) is 4.75. The largest absolute Gasteiger partial charge is 0.493 e. The van der Waals surface area contributed by atoms with Crippen molar-refractivity contribution in [1.29, 1.82) is 0 Å². The van der Waals surface area contributed by atoms with Crippen molar-refractivity contribution in [3.8, 4) is 17.2 Å². The summed E-state index contributed by atoms with van der Waals surface area (Å²) in [5, 5.41) is 0. The van der Waals surface area contributed by atoms with Crippen molar-refractivity contribution < 1.29 is 28.5 Å². The quantitative estimate of drug-likeness (QED) is 0.529. The lowest BCUT2D eigenvalue weighted by atomic mass is 9.71. The first-order valence-electron chi connectivity index (χ1n) is 9.16. The summed E-state index contributed by atoms with van der Waals surface area (Å²) in [4.78, 5) is 26.3. The molecule has 2 bridgehead atoms. The number of rotatable bonds is 7. The predicted octanol–water partition coefficient (Wildman–Crippen LogP) is 3.31. The van der Waals surface area contributed by atoms with Gasteiger partial charge in [-0.3, -0.25) is 9.59 Å². The molecule has 0 N–H and O–H groups in total. The van der Waals surface area contributed by atoms with Gasteiger partial charge in [-0.25, -0.2) is 0 Å². The Balaban J connectivity index is 2.21. The predicted molar refractivity (Wildman–Crippen MR) is 104 cm³/mol. The van der Waals surface area contributed by atoms with Crippen LogP contribution in [0.15, 0.2) is 36.6 Å². The van der Waals surface area contributed by atoms with Crippen LogP contribution in [0.5, 0.6) is 17.2 Å². The molecule has 1 aromatic carbocycles. The van der Waals surface area contributed by atoms with Gasteiger partial charge in [0.1, 0.15) is 0 Å². The SMILES string of the molecule is C=CCC12C=C(OC)C(=O)C(C1=O)C(c1cc(OC)c(OC)c(OC)c1)C2C. The van der Waals surface area contributed by atoms with E-state index in [0.717, 1.165) is 5.56 Å². The number of Topliss-reactive ketones (excluding diaryl/α,β-unsaturated/α-hetero) is 2. The number of fused-ring (bicyclic) bond motifs is 2. The molecule has 1 fully saturated rings. The molecule has 4 atom stereocenters. The molecule has 0 aromatic heterocycles. The third-order valence-corrected chi connectivity index (χ3v) is 6.14. The number of hydrogen-bond donors (Lipinski definition) is 0. The zero-order valence-electron chi connectivity index (χ0n) is 16.9. The van der Waals surface area contributed by atoms with Gasteiger partial charge >= 0.3 is 0 Å². The van der Waals surface area contributed by atoms with E-state index in [1.54, 1.807) is 12.2 Å². The number of hydrogen-bond acceptors (Lipinski definition) is 6. The van der Waals surface area contributed by atoms with Crippen molar-refractivity contribution in [1.82, 2.24) is 0 Å². The summed E-state index contributed by atoms with van der Waals surface area (Å²) in [5.41, 5.74) is -0.0121. The van der Waals surface area contributed by atoms with E-state index in [-0.39, 0.29) is 29.2 Å². The van der Waals surface area contributed by atoms with Crippen LogP contribution in [0.25, 0.3) is 0 Å². The second-order valence-electron chi connectivity index (χ2n) is 7.23. The fraction of sp³-hybridized carbons (Fsp3) is 0.455. The summed E-state index contributed by atoms with van der Waals surface area (Å²) in [7, 11) is 6.07. The van der Waals surface area contributed by atoms with Crippen LogP contribution in [0, 0.1) is 17.3 Å². The average Bonchev–Trinajstić information content (AvgIpc) is 2.85. The van der Waals surface area contributed by atoms with Gasteiger partial charge in [0.2, 0.25) is 11.5 Å². The highest BCUT2D eigenvalue weighted by molar-refractivity contribution is 6.17. The Morgan fingerprint density at radius 1 is 1.04 bits per heavy atom. The molecule has 28 heavy (non-hydrogen) atoms. The van der Waals surface area contributed by atoms with Crippen LogP contribution in [0.1, 0.15) is 24.8 Å². The van der Waals surface area contributed by atoms with Crippen molar-refractivity contribution in [2.45, 2.75) is 19.3 Å². The maximum Gasteiger partial charge on any atom is 0.208 e. The van der Waals surface area contributed by atoms with Gasteiger partial charge in [0, 0.05) is 5.92 Å². The summed E-state index contributed by atoms with van der Waals surface area (Å²) in [6, 6.07) is 3.63. The molecular formula is C22H26O6. The highest BCUT2D eigenvalue weighted by atomic mass is 16.5. The summed E-state index contributed by atoms with van der Waals surface area (Å²) in [6.45, 7) is 5.81. The number of methoxy groups -OCH3 is 4. The van der Waals surface area contributed by atoms with Crippen molar-refractivity contribution in [2.24, 2.45) is 17.3 Å². The van der Waals surface area contributed by atoms with E-state index in [4.69, 9.17) is 18.9 Å². The first kappa shape index (κ1) is 20.0. The van der Waals surface area contributed by atoms with Gasteiger partial charge in [-0.15, -0.1) is 6.58 Å². The summed E-state index contributed by atoms with van der Waals surface area (Å²) in [6.07, 6.45) is 3.87. The lowest BCUT2D eigenvalue weighted by Crippen LogP contribution is -2.38. The maximum atomic E-state index is 13.3. The third kappa shape index (κ3) is 2.62. The molecule has 3 rings (SSSR count). The first-order valence-corrected chi connectivity index (χ1v) is 9.16. The Morgan fingerprint density at radius 3 is 2.11 bits per heavy atom. The fourth-order valence-electron chi connectivity index (χ4n) is 4.75. The van der Waals surface area contributed by atoms with Crippen LogP contribution in [-0.2, 0) is 14.3 Å². The zero-order chi connectivity index (χ0) is 20.6. The highest BCUT2D eigenvalue weighted by Crippen LogP contribution is 2.59. The number of ketones is 2. The highest BCUT2D eigenvalue weighted by Gasteiger charge is 2.62. The number of carbonyl (C=O) groups excluding carboxylic acids is 2. The van der Waals surface area contributed by atoms with Crippen LogP contribution in [-0.4, -0.2) is 40.0 Å². The molecule has 2 aliphatic rings. The smallest absolute Gasteiger partial charge is 0.208 e. The van der Waals surface area contributed by atoms with E-state index >= 15 is 0 Å². The molecule has 0 saturated heterocycles. The molecule has 4 unspecified atom stereocenters. The van der Waals surface area contributed by atoms with Crippen LogP contribution in [0.2, 0.25) is 0 Å². The molecule has 6 nitrogen and oxygen atoms in total. The Labute approximate surface area is 165 Å². The molecule has 1 saturated carbocycles. The molecule has 1 aromatic rings. The lowest BCUT2D eigenvalue weighted by Gasteiger charge is -2.31. The minimum Gasteiger partial charge on any atom is -0.493 e. The van der Waals surface area contributed by atoms with Gasteiger partial charge in [-0.2, -0.15) is 0 Å². The van der Waals surface area contributed by atoms with Crippen LogP contribution in [0.3, 0.4) is 0 Å². The number of allylic oxidation sites excluding steroid dienone is 3. The van der Waals surface area contributed by atoms with E-state index in [1.165, 1.54) is 28.4 Å². The standard InChI is InChI=1S/C22H26O6/c1-7-8-22-11-16(27-5)19(23)18(21(22)24)17(12(22)2)13-9-14(25-3)20(28-6)15(10-13)26-4/h7,9-12,17-18H,1,8H2,2-6H3. The Morgan fingerprint density at radius 2 is 1.64 bits per heavy atom. The van der Waals surface area contributed by atoms with Gasteiger partial charge in [0.15, 0.2) is 23.0 Å². The molecular weight excluding hydrogens is 360 g/mol. The van der Waals surface area contributed by atoms with Gasteiger partial charge in [0.25, 0.3) is 0 Å². The first-order chi connectivity index (χ1) is 13.4. The molecule has 0 aliphatic heterocycles. The van der Waals surface area contributed by atoms with Crippen molar-refractivity contribution in [3.63, 3.8) is 0 Å². The normalized spacial score (nSPS) is 28.6. The summed E-state index contributed by atoms with van der Waals surface area (Å²) < 4.78 is 21.6. The number of ether oxygens (including phenoxy) is 4. The minimum atomic E-state index is -0.809. The van der Waals surface area contributed by atoms with Crippen LogP contribution in [0.4, 0.5) is 0 Å². The van der Waals surface area contributed by atoms with Crippen LogP contribution >= 0.6 is 0 Å². The molecule has 150 valence electrons. The molecule has 0 radical (unpaired) electrons. The second kappa shape index (κ2) is 7.34. The van der Waals surface area contributed by atoms with Gasteiger partial charge in [-0.1, -0.05) is 13.0 Å². The van der Waals surface area contributed by atoms with Crippen LogP contribution < -0.4 is 14.2 Å². The molecule has 0 spiro atoms. The molecule has 0 heterocycles. The number of carbonyl (C=O) groups is 2. The minimum absolute atomic E-state index is 0.0792. The third-order valence-electron chi connectivity index (χ3n) is 6.14. The van der Waals surface area contributed by atoms with E-state index in [0.29, 0.717) is 23.7 Å². The van der Waals surface area contributed by atoms with Gasteiger partial charge in [0.05, 0.1) is 39.8 Å². The van der Waals surface area contributed by atoms with E-state index in [1.807, 2.05) is 19.1 Å². The maximum absolute atomic E-state index is 13.3. The average molecular weight is 386 g/mol. The summed E-state index contributed by atoms with van der Waals surface area (Å²) >= 11 is 0. The Bertz CT molecular complexity index is 830. The zero-order valence-corrected chi connectivity index (χ0v) is 16.9. The molecule has 2 aliphatic carbocycles. The Hall–Kier alpha value is -2.76. The topological polar surface area (TPSA) is 71.1 Å². The lowest BCUT2D eigenvalue weighted by molar-refractivity contribution is -0.136. The molecule has 6 heteroatoms. The van der Waals surface area contributed by atoms with Gasteiger partial charge in [-0.05, 0) is 36.1 Å². The van der Waals surface area contributed by atoms with E-state index in [9.17, 15) is 9.59 Å². The summed E-state index contributed by atoms with van der Waals surface area (Å²) in [5.74, 6) is 0.0494. The van der Waals surface area contributed by atoms with Gasteiger partial charge < -0.3 is 18.9 Å². The second-order valence-corrected chi connectivity index (χ2v) is 7.23. The van der Waals surface area contributed by atoms with E-state index < -0.39 is 11.3 Å². The Kier molecular flexibility index (Phi) is 5.24.